The van der Waals surface area contributed by atoms with E-state index < -0.39 is 17.7 Å². The van der Waals surface area contributed by atoms with Gasteiger partial charge in [-0.2, -0.15) is 0 Å². The predicted molar refractivity (Wildman–Crippen MR) is 81.2 cm³/mol. The number of aliphatic hydroxyl groups excluding tert-OH is 1. The van der Waals surface area contributed by atoms with Gasteiger partial charge in [-0.1, -0.05) is 0 Å². The van der Waals surface area contributed by atoms with Gasteiger partial charge in [0.2, 0.25) is 0 Å². The van der Waals surface area contributed by atoms with Crippen LogP contribution in [0.4, 0.5) is 8.78 Å². The molecule has 0 spiro atoms. The van der Waals surface area contributed by atoms with Crippen molar-refractivity contribution in [3.05, 3.63) is 35.4 Å². The Balaban J connectivity index is 1.83. The van der Waals surface area contributed by atoms with E-state index in [9.17, 15) is 18.7 Å². The van der Waals surface area contributed by atoms with Crippen LogP contribution in [0.25, 0.3) is 0 Å². The highest BCUT2D eigenvalue weighted by molar-refractivity contribution is 5.94. The molecule has 128 valence electrons. The first-order chi connectivity index (χ1) is 11.0. The standard InChI is InChI=1S/C16H22F2N2O3/c1-2-23-11-13(21)10-19-5-7-20(8-6-19)16(22)12-3-4-14(17)15(18)9-12/h3-4,9,13,21H,2,5-8,10-11H2,1H3/t13-/m1/s1. The molecule has 1 heterocycles. The lowest BCUT2D eigenvalue weighted by Crippen LogP contribution is -2.50. The van der Waals surface area contributed by atoms with Crippen LogP contribution in [-0.2, 0) is 4.74 Å². The van der Waals surface area contributed by atoms with Gasteiger partial charge in [0.25, 0.3) is 5.91 Å². The molecule has 1 amide bonds. The third kappa shape index (κ3) is 4.95. The van der Waals surface area contributed by atoms with Crippen LogP contribution < -0.4 is 0 Å². The summed E-state index contributed by atoms with van der Waals surface area (Å²) in [6.07, 6.45) is -0.552. The molecule has 1 N–H and O–H groups in total. The first kappa shape index (κ1) is 17.8. The smallest absolute Gasteiger partial charge is 0.254 e. The zero-order chi connectivity index (χ0) is 16.8. The number of halogens is 2. The van der Waals surface area contributed by atoms with Crippen molar-refractivity contribution in [1.29, 1.82) is 0 Å². The fraction of sp³-hybridized carbons (Fsp3) is 0.562. The number of β-amino-alcohol motifs (C(OH)–C–C–N with tert-alkyl or cyclic N) is 1. The van der Waals surface area contributed by atoms with Crippen molar-refractivity contribution in [3.8, 4) is 0 Å². The summed E-state index contributed by atoms with van der Waals surface area (Å²) in [5, 5.41) is 9.82. The Morgan fingerprint density at radius 2 is 1.96 bits per heavy atom. The van der Waals surface area contributed by atoms with E-state index in [0.717, 1.165) is 12.1 Å². The van der Waals surface area contributed by atoms with E-state index >= 15 is 0 Å². The van der Waals surface area contributed by atoms with Gasteiger partial charge >= 0.3 is 0 Å². The molecule has 23 heavy (non-hydrogen) atoms. The Kier molecular flexibility index (Phi) is 6.44. The normalized spacial score (nSPS) is 17.3. The van der Waals surface area contributed by atoms with Gasteiger partial charge in [0.15, 0.2) is 11.6 Å². The summed E-state index contributed by atoms with van der Waals surface area (Å²) < 4.78 is 31.3. The van der Waals surface area contributed by atoms with Gasteiger partial charge < -0.3 is 14.7 Å². The average Bonchev–Trinajstić information content (AvgIpc) is 2.55. The highest BCUT2D eigenvalue weighted by atomic mass is 19.2. The molecule has 0 unspecified atom stereocenters. The summed E-state index contributed by atoms with van der Waals surface area (Å²) in [5.41, 5.74) is 0.147. The van der Waals surface area contributed by atoms with E-state index in [2.05, 4.69) is 4.90 Å². The van der Waals surface area contributed by atoms with Crippen molar-refractivity contribution in [2.45, 2.75) is 13.0 Å². The van der Waals surface area contributed by atoms with E-state index in [1.807, 2.05) is 6.92 Å². The lowest BCUT2D eigenvalue weighted by atomic mass is 10.1. The maximum Gasteiger partial charge on any atom is 0.254 e. The average molecular weight is 328 g/mol. The van der Waals surface area contributed by atoms with Crippen LogP contribution >= 0.6 is 0 Å². The van der Waals surface area contributed by atoms with Gasteiger partial charge in [-0.05, 0) is 25.1 Å². The minimum atomic E-state index is -1.02. The van der Waals surface area contributed by atoms with Crippen molar-refractivity contribution in [2.75, 3.05) is 45.9 Å². The molecule has 5 nitrogen and oxygen atoms in total. The minimum absolute atomic E-state index is 0.147. The molecule has 1 atom stereocenters. The van der Waals surface area contributed by atoms with Crippen LogP contribution in [0.1, 0.15) is 17.3 Å². The number of carbonyl (C=O) groups excluding carboxylic acids is 1. The van der Waals surface area contributed by atoms with E-state index in [1.54, 1.807) is 4.90 Å². The van der Waals surface area contributed by atoms with Gasteiger partial charge in [0.1, 0.15) is 0 Å². The molecule has 1 saturated heterocycles. The minimum Gasteiger partial charge on any atom is -0.389 e. The number of rotatable bonds is 6. The maximum absolute atomic E-state index is 13.2. The van der Waals surface area contributed by atoms with Gasteiger partial charge in [0, 0.05) is 44.9 Å². The van der Waals surface area contributed by atoms with Crippen molar-refractivity contribution in [1.82, 2.24) is 9.80 Å². The monoisotopic (exact) mass is 328 g/mol. The Morgan fingerprint density at radius 1 is 1.26 bits per heavy atom. The van der Waals surface area contributed by atoms with Crippen molar-refractivity contribution < 1.29 is 23.4 Å². The molecular weight excluding hydrogens is 306 g/mol. The number of nitrogens with zero attached hydrogens (tertiary/aromatic N) is 2. The largest absolute Gasteiger partial charge is 0.389 e. The summed E-state index contributed by atoms with van der Waals surface area (Å²) >= 11 is 0. The van der Waals surface area contributed by atoms with E-state index in [-0.39, 0.29) is 11.5 Å². The zero-order valence-electron chi connectivity index (χ0n) is 13.2. The number of piperazine rings is 1. The summed E-state index contributed by atoms with van der Waals surface area (Å²) in [7, 11) is 0. The molecule has 0 bridgehead atoms. The molecule has 0 radical (unpaired) electrons. The van der Waals surface area contributed by atoms with Crippen LogP contribution in [0.5, 0.6) is 0 Å². The van der Waals surface area contributed by atoms with E-state index in [0.29, 0.717) is 45.9 Å². The number of hydrogen-bond donors (Lipinski definition) is 1. The highest BCUT2D eigenvalue weighted by Gasteiger charge is 2.24. The second kappa shape index (κ2) is 8.33. The predicted octanol–water partition coefficient (Wildman–Crippen LogP) is 1.12. The summed E-state index contributed by atoms with van der Waals surface area (Å²) in [6.45, 7) is 5.44. The molecule has 1 aromatic rings. The molecular formula is C16H22F2N2O3. The van der Waals surface area contributed by atoms with Crippen molar-refractivity contribution in [3.63, 3.8) is 0 Å². The molecule has 1 aliphatic rings. The Bertz CT molecular complexity index is 534. The van der Waals surface area contributed by atoms with Crippen LogP contribution in [0.15, 0.2) is 18.2 Å². The molecule has 0 saturated carbocycles. The lowest BCUT2D eigenvalue weighted by molar-refractivity contribution is 0.0111. The number of benzene rings is 1. The molecule has 1 aliphatic heterocycles. The first-order valence-electron chi connectivity index (χ1n) is 7.73. The zero-order valence-corrected chi connectivity index (χ0v) is 13.2. The maximum atomic E-state index is 13.2. The highest BCUT2D eigenvalue weighted by Crippen LogP contribution is 2.13. The van der Waals surface area contributed by atoms with Gasteiger partial charge in [-0.3, -0.25) is 9.69 Å². The lowest BCUT2D eigenvalue weighted by Gasteiger charge is -2.35. The molecule has 2 rings (SSSR count). The van der Waals surface area contributed by atoms with Gasteiger partial charge in [-0.25, -0.2) is 8.78 Å². The van der Waals surface area contributed by atoms with Crippen LogP contribution in [0.2, 0.25) is 0 Å². The fourth-order valence-electron chi connectivity index (χ4n) is 2.55. The fourth-order valence-corrected chi connectivity index (χ4v) is 2.55. The van der Waals surface area contributed by atoms with Gasteiger partial charge in [0.05, 0.1) is 12.7 Å². The van der Waals surface area contributed by atoms with Crippen LogP contribution in [0, 0.1) is 11.6 Å². The molecule has 1 aromatic carbocycles. The summed E-state index contributed by atoms with van der Waals surface area (Å²) in [5.74, 6) is -2.29. The van der Waals surface area contributed by atoms with E-state index in [4.69, 9.17) is 4.74 Å². The van der Waals surface area contributed by atoms with Crippen molar-refractivity contribution >= 4 is 5.91 Å². The Morgan fingerprint density at radius 3 is 2.57 bits per heavy atom. The van der Waals surface area contributed by atoms with Crippen molar-refractivity contribution in [2.24, 2.45) is 0 Å². The number of hydrogen-bond acceptors (Lipinski definition) is 4. The third-order valence-electron chi connectivity index (χ3n) is 3.81. The van der Waals surface area contributed by atoms with Gasteiger partial charge in [-0.15, -0.1) is 0 Å². The third-order valence-corrected chi connectivity index (χ3v) is 3.81. The summed E-state index contributed by atoms with van der Waals surface area (Å²) in [4.78, 5) is 15.9. The first-order valence-corrected chi connectivity index (χ1v) is 7.73. The Labute approximate surface area is 134 Å². The second-order valence-electron chi connectivity index (χ2n) is 5.53. The molecule has 7 heteroatoms. The molecule has 1 fully saturated rings. The van der Waals surface area contributed by atoms with E-state index in [1.165, 1.54) is 6.07 Å². The molecule has 0 aromatic heterocycles. The molecule has 0 aliphatic carbocycles. The number of aliphatic hydroxyl groups is 1. The SMILES string of the molecule is CCOC[C@H](O)CN1CCN(C(=O)c2ccc(F)c(F)c2)CC1. The Hall–Kier alpha value is -1.57. The second-order valence-corrected chi connectivity index (χ2v) is 5.53. The number of amides is 1. The summed E-state index contributed by atoms with van der Waals surface area (Å²) in [6, 6.07) is 3.18. The number of ether oxygens (including phenoxy) is 1. The van der Waals surface area contributed by atoms with Crippen LogP contribution in [0.3, 0.4) is 0 Å². The van der Waals surface area contributed by atoms with Crippen LogP contribution in [-0.4, -0.2) is 72.9 Å². The topological polar surface area (TPSA) is 53.0 Å². The quantitative estimate of drug-likeness (QED) is 0.850. The number of carbonyl (C=O) groups is 1.